The molecule has 27 heavy (non-hydrogen) atoms. The molecular weight excluding hydrogens is 364 g/mol. The maximum atomic E-state index is 12.6. The van der Waals surface area contributed by atoms with E-state index in [1.165, 1.54) is 10.5 Å². The summed E-state index contributed by atoms with van der Waals surface area (Å²) in [6, 6.07) is 11.5. The van der Waals surface area contributed by atoms with Crippen LogP contribution in [-0.4, -0.2) is 60.3 Å². The maximum absolute atomic E-state index is 12.6. The predicted molar refractivity (Wildman–Crippen MR) is 104 cm³/mol. The summed E-state index contributed by atoms with van der Waals surface area (Å²) in [7, 11) is -1.41. The predicted octanol–water partition coefficient (Wildman–Crippen LogP) is 1.78. The van der Waals surface area contributed by atoms with Crippen molar-refractivity contribution in [2.45, 2.75) is 25.3 Å². The van der Waals surface area contributed by atoms with Gasteiger partial charge in [-0.15, -0.1) is 0 Å². The number of rotatable bonds is 7. The van der Waals surface area contributed by atoms with Crippen molar-refractivity contribution in [2.24, 2.45) is 0 Å². The fourth-order valence-electron chi connectivity index (χ4n) is 3.13. The smallest absolute Gasteiger partial charge is 0.272 e. The van der Waals surface area contributed by atoms with Crippen LogP contribution in [0, 0.1) is 0 Å². The van der Waals surface area contributed by atoms with Crippen LogP contribution in [0.15, 0.2) is 42.6 Å². The number of hydrogen-bond acceptors (Lipinski definition) is 6. The highest BCUT2D eigenvalue weighted by Crippen LogP contribution is 2.18. The second kappa shape index (κ2) is 8.47. The standard InChI is InChI=1S/C19H24N4O3S/c1-23(16-10-13-27(25,26)14-16)18(24)17-9-12-21-19(22-17)20-11-5-8-15-6-3-2-4-7-15/h2-4,6-7,9,12,16H,5,8,10-11,13-14H2,1H3,(H,20,21,22). The lowest BCUT2D eigenvalue weighted by Gasteiger charge is -2.23. The molecule has 7 nitrogen and oxygen atoms in total. The zero-order chi connectivity index (χ0) is 19.3. The van der Waals surface area contributed by atoms with Crippen LogP contribution in [0.5, 0.6) is 0 Å². The van der Waals surface area contributed by atoms with Crippen molar-refractivity contribution < 1.29 is 13.2 Å². The minimum Gasteiger partial charge on any atom is -0.354 e. The number of amides is 1. The van der Waals surface area contributed by atoms with E-state index in [9.17, 15) is 13.2 Å². The Kier molecular flexibility index (Phi) is 6.05. The number of hydrogen-bond donors (Lipinski definition) is 1. The van der Waals surface area contributed by atoms with Crippen molar-refractivity contribution >= 4 is 21.7 Å². The molecule has 1 fully saturated rings. The van der Waals surface area contributed by atoms with Crippen molar-refractivity contribution in [3.63, 3.8) is 0 Å². The van der Waals surface area contributed by atoms with Gasteiger partial charge in [-0.05, 0) is 30.9 Å². The van der Waals surface area contributed by atoms with Gasteiger partial charge in [-0.2, -0.15) is 0 Å². The summed E-state index contributed by atoms with van der Waals surface area (Å²) in [6.07, 6.45) is 3.88. The van der Waals surface area contributed by atoms with E-state index in [-0.39, 0.29) is 29.1 Å². The molecule has 1 amide bonds. The van der Waals surface area contributed by atoms with Gasteiger partial charge in [0.2, 0.25) is 5.95 Å². The third-order valence-electron chi connectivity index (χ3n) is 4.72. The van der Waals surface area contributed by atoms with Gasteiger partial charge in [0.05, 0.1) is 11.5 Å². The van der Waals surface area contributed by atoms with E-state index in [4.69, 9.17) is 0 Å². The summed E-state index contributed by atoms with van der Waals surface area (Å²) in [5, 5.41) is 3.14. The molecule has 0 bridgehead atoms. The Balaban J connectivity index is 1.54. The Morgan fingerprint density at radius 2 is 2.04 bits per heavy atom. The molecule has 2 heterocycles. The van der Waals surface area contributed by atoms with Crippen LogP contribution in [-0.2, 0) is 16.3 Å². The van der Waals surface area contributed by atoms with E-state index < -0.39 is 9.84 Å². The maximum Gasteiger partial charge on any atom is 0.272 e. The van der Waals surface area contributed by atoms with Crippen molar-refractivity contribution in [3.05, 3.63) is 53.9 Å². The molecule has 1 aliphatic rings. The van der Waals surface area contributed by atoms with E-state index in [2.05, 4.69) is 27.4 Å². The van der Waals surface area contributed by atoms with E-state index >= 15 is 0 Å². The fourth-order valence-corrected chi connectivity index (χ4v) is 4.90. The van der Waals surface area contributed by atoms with Crippen LogP contribution in [0.25, 0.3) is 0 Å². The van der Waals surface area contributed by atoms with Crippen molar-refractivity contribution in [1.29, 1.82) is 0 Å². The highest BCUT2D eigenvalue weighted by atomic mass is 32.2. The number of benzene rings is 1. The molecule has 1 unspecified atom stereocenters. The topological polar surface area (TPSA) is 92.3 Å². The molecule has 1 aromatic heterocycles. The van der Waals surface area contributed by atoms with Crippen molar-refractivity contribution in [3.8, 4) is 0 Å². The largest absolute Gasteiger partial charge is 0.354 e. The number of anilines is 1. The molecule has 144 valence electrons. The Hall–Kier alpha value is -2.48. The van der Waals surface area contributed by atoms with Crippen LogP contribution in [0.4, 0.5) is 5.95 Å². The minimum atomic E-state index is -3.04. The minimum absolute atomic E-state index is 0.0188. The highest BCUT2D eigenvalue weighted by Gasteiger charge is 2.33. The number of nitrogens with one attached hydrogen (secondary N) is 1. The first kappa shape index (κ1) is 19.3. The van der Waals surface area contributed by atoms with E-state index in [0.717, 1.165) is 12.8 Å². The van der Waals surface area contributed by atoms with Gasteiger partial charge in [-0.25, -0.2) is 18.4 Å². The molecule has 8 heteroatoms. The zero-order valence-corrected chi connectivity index (χ0v) is 16.2. The molecule has 0 spiro atoms. The second-order valence-corrected chi connectivity index (χ2v) is 8.98. The molecule has 1 atom stereocenters. The summed E-state index contributed by atoms with van der Waals surface area (Å²) in [6.45, 7) is 0.698. The normalized spacial score (nSPS) is 18.2. The molecule has 0 saturated carbocycles. The number of carbonyl (C=O) groups excluding carboxylic acids is 1. The summed E-state index contributed by atoms with van der Waals surface area (Å²) in [4.78, 5) is 22.5. The SMILES string of the molecule is CN(C(=O)c1ccnc(NCCCc2ccccc2)n1)C1CCS(=O)(=O)C1. The van der Waals surface area contributed by atoms with Crippen molar-refractivity contribution in [2.75, 3.05) is 30.4 Å². The van der Waals surface area contributed by atoms with Gasteiger partial charge < -0.3 is 10.2 Å². The Morgan fingerprint density at radius 3 is 2.74 bits per heavy atom. The fraction of sp³-hybridized carbons (Fsp3) is 0.421. The van der Waals surface area contributed by atoms with Crippen molar-refractivity contribution in [1.82, 2.24) is 14.9 Å². The monoisotopic (exact) mass is 388 g/mol. The summed E-state index contributed by atoms with van der Waals surface area (Å²) in [5.41, 5.74) is 1.54. The third-order valence-corrected chi connectivity index (χ3v) is 6.47. The Morgan fingerprint density at radius 1 is 1.26 bits per heavy atom. The van der Waals surface area contributed by atoms with Gasteiger partial charge in [0.25, 0.3) is 5.91 Å². The van der Waals surface area contributed by atoms with Crippen LogP contribution >= 0.6 is 0 Å². The van der Waals surface area contributed by atoms with Gasteiger partial charge in [0.15, 0.2) is 9.84 Å². The van der Waals surface area contributed by atoms with E-state index in [1.807, 2.05) is 18.2 Å². The van der Waals surface area contributed by atoms with Gasteiger partial charge in [-0.3, -0.25) is 4.79 Å². The van der Waals surface area contributed by atoms with Gasteiger partial charge in [-0.1, -0.05) is 30.3 Å². The van der Waals surface area contributed by atoms with E-state index in [0.29, 0.717) is 18.9 Å². The lowest BCUT2D eigenvalue weighted by Crippen LogP contribution is -2.38. The molecule has 1 aromatic carbocycles. The first-order valence-corrected chi connectivity index (χ1v) is 10.9. The van der Waals surface area contributed by atoms with Gasteiger partial charge >= 0.3 is 0 Å². The quantitative estimate of drug-likeness (QED) is 0.727. The number of aromatic nitrogens is 2. The highest BCUT2D eigenvalue weighted by molar-refractivity contribution is 7.91. The van der Waals surface area contributed by atoms with Crippen LogP contribution < -0.4 is 5.32 Å². The number of sulfone groups is 1. The molecule has 1 saturated heterocycles. The lowest BCUT2D eigenvalue weighted by atomic mass is 10.1. The Labute approximate surface area is 159 Å². The molecule has 1 N–H and O–H groups in total. The first-order chi connectivity index (χ1) is 12.9. The molecule has 0 radical (unpaired) electrons. The average molecular weight is 388 g/mol. The Bertz CT molecular complexity index is 887. The summed E-state index contributed by atoms with van der Waals surface area (Å²) < 4.78 is 23.3. The second-order valence-electron chi connectivity index (χ2n) is 6.75. The number of carbonyl (C=O) groups is 1. The summed E-state index contributed by atoms with van der Waals surface area (Å²) in [5.74, 6) is 0.270. The van der Waals surface area contributed by atoms with E-state index in [1.54, 1.807) is 19.3 Å². The van der Waals surface area contributed by atoms with Crippen LogP contribution in [0.2, 0.25) is 0 Å². The molecule has 2 aromatic rings. The molecule has 1 aliphatic heterocycles. The van der Waals surface area contributed by atoms with Gasteiger partial charge in [0.1, 0.15) is 5.69 Å². The average Bonchev–Trinajstić information content (AvgIpc) is 3.05. The zero-order valence-electron chi connectivity index (χ0n) is 15.3. The molecule has 3 rings (SSSR count). The molecular formula is C19H24N4O3S. The lowest BCUT2D eigenvalue weighted by molar-refractivity contribution is 0.0741. The number of aryl methyl sites for hydroxylation is 1. The first-order valence-electron chi connectivity index (χ1n) is 9.03. The van der Waals surface area contributed by atoms with Gasteiger partial charge in [0, 0.05) is 25.8 Å². The number of nitrogens with zero attached hydrogens (tertiary/aromatic N) is 3. The summed E-state index contributed by atoms with van der Waals surface area (Å²) >= 11 is 0. The molecule has 0 aliphatic carbocycles. The third kappa shape index (κ3) is 5.26. The van der Waals surface area contributed by atoms with Crippen LogP contribution in [0.1, 0.15) is 28.9 Å². The van der Waals surface area contributed by atoms with Crippen LogP contribution in [0.3, 0.4) is 0 Å².